The topological polar surface area (TPSA) is 101 Å². The van der Waals surface area contributed by atoms with Crippen LogP contribution in [-0.4, -0.2) is 47.5 Å². The Balaban J connectivity index is 1.26. The van der Waals surface area contributed by atoms with Crippen molar-refractivity contribution in [3.63, 3.8) is 0 Å². The molecule has 0 bridgehead atoms. The van der Waals surface area contributed by atoms with Crippen molar-refractivity contribution in [1.82, 2.24) is 15.0 Å². The smallest absolute Gasteiger partial charge is 0.321 e. The summed E-state index contributed by atoms with van der Waals surface area (Å²) in [5, 5.41) is 7.19. The van der Waals surface area contributed by atoms with Gasteiger partial charge >= 0.3 is 3.93 Å². The Bertz CT molecular complexity index is 1410. The molecule has 0 atom stereocenters. The Labute approximate surface area is 229 Å². The molecule has 1 aliphatic rings. The van der Waals surface area contributed by atoms with Gasteiger partial charge in [-0.1, -0.05) is 0 Å². The number of nitrogens with zero attached hydrogens (tertiary/aromatic N) is 5. The van der Waals surface area contributed by atoms with Gasteiger partial charge in [0.05, 0.1) is 55.7 Å². The lowest BCUT2D eigenvalue weighted by molar-refractivity contribution is 0.122. The molecule has 1 aromatic carbocycles. The predicted molar refractivity (Wildman–Crippen MR) is 146 cm³/mol. The van der Waals surface area contributed by atoms with E-state index in [2.05, 4.69) is 30.8 Å². The van der Waals surface area contributed by atoms with Gasteiger partial charge in [0, 0.05) is 52.5 Å². The van der Waals surface area contributed by atoms with Gasteiger partial charge in [0.1, 0.15) is 0 Å². The van der Waals surface area contributed by atoms with Crippen molar-refractivity contribution in [1.29, 1.82) is 0 Å². The molecule has 38 heavy (non-hydrogen) atoms. The van der Waals surface area contributed by atoms with Gasteiger partial charge in [0.15, 0.2) is 11.6 Å². The second-order valence-corrected chi connectivity index (χ2v) is 9.59. The standard InChI is InChI=1S/C25H21F3IN7O2/c26-22-14-31-24(34-23(22)36-4-7-37-8-5-36)35-32-13-19-1-2-20(12-30-19)33-21-10-17(16-3-6-38-15-16)9-18(11-21)25(27,28)29/h1-3,6,9-15,33H,4-5,7-8H2,(H,31,34,35)/b32-13+. The van der Waals surface area contributed by atoms with E-state index in [9.17, 15) is 13.2 Å². The van der Waals surface area contributed by atoms with Gasteiger partial charge in [-0.3, -0.25) is 4.98 Å². The van der Waals surface area contributed by atoms with Crippen LogP contribution in [0.2, 0.25) is 0 Å². The molecule has 0 aliphatic carbocycles. The third kappa shape index (κ3) is 6.39. The van der Waals surface area contributed by atoms with Crippen LogP contribution < -0.4 is 15.6 Å². The highest BCUT2D eigenvalue weighted by Crippen LogP contribution is 2.39. The summed E-state index contributed by atoms with van der Waals surface area (Å²) >= 11 is 1.11. The van der Waals surface area contributed by atoms with Crippen molar-refractivity contribution >= 4 is 51.9 Å². The highest BCUT2D eigenvalue weighted by molar-refractivity contribution is 14.1. The number of benzene rings is 1. The zero-order valence-corrected chi connectivity index (χ0v) is 21.9. The maximum atomic E-state index is 14.2. The first-order valence-electron chi connectivity index (χ1n) is 11.5. The molecule has 1 saturated heterocycles. The first-order valence-corrected chi connectivity index (χ1v) is 12.6. The van der Waals surface area contributed by atoms with Crippen molar-refractivity contribution in [2.24, 2.45) is 5.10 Å². The molecule has 5 rings (SSSR count). The van der Waals surface area contributed by atoms with Crippen molar-refractivity contribution in [3.05, 3.63) is 78.4 Å². The molecule has 1 fully saturated rings. The minimum atomic E-state index is -3.04. The molecule has 0 radical (unpaired) electrons. The van der Waals surface area contributed by atoms with E-state index in [1.807, 2.05) is 0 Å². The first kappa shape index (κ1) is 25.9. The number of anilines is 4. The molecule has 3 aromatic heterocycles. The molecule has 1 aliphatic heterocycles. The summed E-state index contributed by atoms with van der Waals surface area (Å²) in [6, 6.07) is 9.73. The molecule has 0 unspecified atom stereocenters. The Kier molecular flexibility index (Phi) is 7.74. The monoisotopic (exact) mass is 635 g/mol. The lowest BCUT2D eigenvalue weighted by Crippen LogP contribution is -2.37. The van der Waals surface area contributed by atoms with Gasteiger partial charge in [0.2, 0.25) is 5.95 Å². The van der Waals surface area contributed by atoms with Crippen LogP contribution in [0.5, 0.6) is 0 Å². The van der Waals surface area contributed by atoms with Gasteiger partial charge in [0.25, 0.3) is 0 Å². The van der Waals surface area contributed by atoms with Crippen molar-refractivity contribution in [3.8, 4) is 11.1 Å². The normalized spacial score (nSPS) is 14.2. The van der Waals surface area contributed by atoms with Crippen LogP contribution in [-0.2, 0) is 8.67 Å². The van der Waals surface area contributed by atoms with Gasteiger partial charge in [-0.25, -0.2) is 14.8 Å². The maximum absolute atomic E-state index is 14.2. The van der Waals surface area contributed by atoms with Crippen LogP contribution in [0.4, 0.5) is 36.3 Å². The number of hydrogen-bond donors (Lipinski definition) is 2. The second kappa shape index (κ2) is 11.3. The average molecular weight is 635 g/mol. The van der Waals surface area contributed by atoms with E-state index in [4.69, 9.17) is 9.15 Å². The number of furan rings is 1. The molecule has 4 aromatic rings. The fourth-order valence-corrected chi connectivity index (χ4v) is 4.06. The molecule has 2 N–H and O–H groups in total. The van der Waals surface area contributed by atoms with Crippen LogP contribution in [0.3, 0.4) is 0 Å². The Morgan fingerprint density at radius 3 is 2.58 bits per heavy atom. The highest BCUT2D eigenvalue weighted by atomic mass is 127. The molecular formula is C25H21F3IN7O2. The number of rotatable bonds is 8. The quantitative estimate of drug-likeness (QED) is 0.109. The number of morpholine rings is 1. The van der Waals surface area contributed by atoms with Crippen LogP contribution in [0.15, 0.2) is 70.8 Å². The van der Waals surface area contributed by atoms with Crippen molar-refractivity contribution < 1.29 is 22.3 Å². The van der Waals surface area contributed by atoms with Gasteiger partial charge in [-0.2, -0.15) is 18.9 Å². The summed E-state index contributed by atoms with van der Waals surface area (Å²) in [6.07, 6.45) is 7.09. The molecule has 0 saturated carbocycles. The van der Waals surface area contributed by atoms with E-state index >= 15 is 0 Å². The van der Waals surface area contributed by atoms with Crippen molar-refractivity contribution in [2.45, 2.75) is 3.93 Å². The SMILES string of the molecule is Fc1cnc(N/N=C/c2ccc(Nc3cc(-c4ccoc4)cc(C(F)(F)I)c3)cn2)nc1N1CCOCC1. The van der Waals surface area contributed by atoms with E-state index in [1.54, 1.807) is 35.4 Å². The summed E-state index contributed by atoms with van der Waals surface area (Å²) in [5.74, 6) is -0.187. The molecule has 13 heteroatoms. The number of halogens is 4. The third-order valence-electron chi connectivity index (χ3n) is 5.59. The third-order valence-corrected chi connectivity index (χ3v) is 6.21. The summed E-state index contributed by atoms with van der Waals surface area (Å²) in [5.41, 5.74) is 5.42. The Morgan fingerprint density at radius 2 is 1.87 bits per heavy atom. The van der Waals surface area contributed by atoms with E-state index in [-0.39, 0.29) is 17.3 Å². The number of hydrazone groups is 1. The van der Waals surface area contributed by atoms with Gasteiger partial charge < -0.3 is 19.4 Å². The summed E-state index contributed by atoms with van der Waals surface area (Å²) in [7, 11) is 0. The number of pyridine rings is 1. The van der Waals surface area contributed by atoms with E-state index < -0.39 is 9.75 Å². The number of nitrogens with one attached hydrogen (secondary N) is 2. The first-order chi connectivity index (χ1) is 18.3. The van der Waals surface area contributed by atoms with E-state index in [0.29, 0.717) is 54.5 Å². The zero-order valence-electron chi connectivity index (χ0n) is 19.7. The number of aromatic nitrogens is 3. The lowest BCUT2D eigenvalue weighted by atomic mass is 10.0. The number of ether oxygens (including phenoxy) is 1. The summed E-state index contributed by atoms with van der Waals surface area (Å²) < 4.78 is 49.7. The molecule has 9 nitrogen and oxygen atoms in total. The van der Waals surface area contributed by atoms with Gasteiger partial charge in [-0.05, 0) is 42.0 Å². The highest BCUT2D eigenvalue weighted by Gasteiger charge is 2.28. The molecule has 0 spiro atoms. The largest absolute Gasteiger partial charge is 0.472 e. The minimum Gasteiger partial charge on any atom is -0.472 e. The van der Waals surface area contributed by atoms with Crippen LogP contribution in [0.1, 0.15) is 11.3 Å². The molecule has 4 heterocycles. The van der Waals surface area contributed by atoms with E-state index in [1.165, 1.54) is 30.9 Å². The zero-order chi connectivity index (χ0) is 26.5. The average Bonchev–Trinajstić information content (AvgIpc) is 3.46. The van der Waals surface area contributed by atoms with Crippen LogP contribution in [0, 0.1) is 5.82 Å². The molecular weight excluding hydrogens is 614 g/mol. The molecule has 0 amide bonds. The Morgan fingerprint density at radius 1 is 1.03 bits per heavy atom. The molecule has 196 valence electrons. The van der Waals surface area contributed by atoms with Gasteiger partial charge in [-0.15, -0.1) is 0 Å². The van der Waals surface area contributed by atoms with Crippen molar-refractivity contribution in [2.75, 3.05) is 41.9 Å². The Hall–Kier alpha value is -3.72. The number of hydrogen-bond acceptors (Lipinski definition) is 9. The second-order valence-electron chi connectivity index (χ2n) is 8.24. The summed E-state index contributed by atoms with van der Waals surface area (Å²) in [4.78, 5) is 14.2. The number of alkyl halides is 3. The van der Waals surface area contributed by atoms with Crippen LogP contribution >= 0.6 is 22.6 Å². The van der Waals surface area contributed by atoms with Crippen LogP contribution in [0.25, 0.3) is 11.1 Å². The fraction of sp³-hybridized carbons (Fsp3) is 0.200. The maximum Gasteiger partial charge on any atom is 0.321 e. The van der Waals surface area contributed by atoms with E-state index in [0.717, 1.165) is 28.8 Å². The summed E-state index contributed by atoms with van der Waals surface area (Å²) in [6.45, 7) is 2.08. The lowest BCUT2D eigenvalue weighted by Gasteiger charge is -2.27. The fourth-order valence-electron chi connectivity index (χ4n) is 3.75. The predicted octanol–water partition coefficient (Wildman–Crippen LogP) is 5.78. The minimum absolute atomic E-state index is 0.137.